The van der Waals surface area contributed by atoms with Crippen molar-refractivity contribution >= 4 is 29.3 Å². The van der Waals surface area contributed by atoms with E-state index in [4.69, 9.17) is 5.11 Å². The Balaban J connectivity index is 1.82. The number of nitrogens with zero attached hydrogens (tertiary/aromatic N) is 1. The van der Waals surface area contributed by atoms with Crippen molar-refractivity contribution in [2.45, 2.75) is 13.3 Å². The summed E-state index contributed by atoms with van der Waals surface area (Å²) in [4.78, 5) is 25.0. The molecule has 96 valence electrons. The first kappa shape index (κ1) is 12.8. The Morgan fingerprint density at radius 3 is 2.83 bits per heavy atom. The molecule has 1 fully saturated rings. The lowest BCUT2D eigenvalue weighted by Gasteiger charge is -2.37. The highest BCUT2D eigenvalue weighted by Gasteiger charge is 2.30. The van der Waals surface area contributed by atoms with Gasteiger partial charge in [0.1, 0.15) is 0 Å². The molecule has 0 saturated carbocycles. The van der Waals surface area contributed by atoms with E-state index in [1.807, 2.05) is 24.4 Å². The highest BCUT2D eigenvalue weighted by Crippen LogP contribution is 2.21. The molecule has 1 N–H and O–H groups in total. The first-order valence-electron chi connectivity index (χ1n) is 5.79. The summed E-state index contributed by atoms with van der Waals surface area (Å²) in [7, 11) is 0. The van der Waals surface area contributed by atoms with Crippen LogP contribution in [0.15, 0.2) is 17.5 Å². The lowest BCUT2D eigenvalue weighted by atomic mass is 9.96. The van der Waals surface area contributed by atoms with Crippen LogP contribution in [-0.4, -0.2) is 35.0 Å². The zero-order chi connectivity index (χ0) is 13.1. The number of carbonyl (C=O) groups is 2. The van der Waals surface area contributed by atoms with Crippen LogP contribution >= 0.6 is 11.3 Å². The number of amides is 1. The van der Waals surface area contributed by atoms with Crippen LogP contribution in [0.5, 0.6) is 0 Å². The average Bonchev–Trinajstić information content (AvgIpc) is 2.65. The third-order valence-electron chi connectivity index (χ3n) is 3.01. The van der Waals surface area contributed by atoms with Crippen LogP contribution in [0.1, 0.15) is 16.9 Å². The minimum Gasteiger partial charge on any atom is -0.481 e. The van der Waals surface area contributed by atoms with Crippen molar-refractivity contribution in [2.24, 2.45) is 5.92 Å². The molecular weight excluding hydrogens is 250 g/mol. The molecule has 4 nitrogen and oxygen atoms in total. The van der Waals surface area contributed by atoms with Crippen molar-refractivity contribution in [3.05, 3.63) is 28.0 Å². The Hall–Kier alpha value is -1.62. The summed E-state index contributed by atoms with van der Waals surface area (Å²) in [5.41, 5.74) is 1.16. The standard InChI is InChI=1S/C13H15NO3S/c1-9-4-5-18-11(9)2-3-12(15)14-7-10(8-14)6-13(16)17/h2-5,10H,6-8H2,1H3,(H,16,17). The van der Waals surface area contributed by atoms with Crippen LogP contribution in [-0.2, 0) is 9.59 Å². The Bertz CT molecular complexity index is 486. The van der Waals surface area contributed by atoms with E-state index < -0.39 is 5.97 Å². The number of aliphatic carboxylic acids is 1. The number of carboxylic acid groups (broad SMARTS) is 1. The number of hydrogen-bond donors (Lipinski definition) is 1. The molecule has 0 atom stereocenters. The van der Waals surface area contributed by atoms with Gasteiger partial charge in [0.25, 0.3) is 0 Å². The molecule has 18 heavy (non-hydrogen) atoms. The van der Waals surface area contributed by atoms with Gasteiger partial charge in [0.05, 0.1) is 6.42 Å². The summed E-state index contributed by atoms with van der Waals surface area (Å²) in [6, 6.07) is 2.02. The van der Waals surface area contributed by atoms with Crippen molar-refractivity contribution in [3.63, 3.8) is 0 Å². The zero-order valence-corrected chi connectivity index (χ0v) is 10.9. The van der Waals surface area contributed by atoms with E-state index in [2.05, 4.69) is 0 Å². The Morgan fingerprint density at radius 1 is 1.56 bits per heavy atom. The molecule has 2 heterocycles. The van der Waals surface area contributed by atoms with Gasteiger partial charge in [-0.3, -0.25) is 9.59 Å². The van der Waals surface area contributed by atoms with E-state index in [9.17, 15) is 9.59 Å². The van der Waals surface area contributed by atoms with E-state index in [0.717, 1.165) is 10.4 Å². The lowest BCUT2D eigenvalue weighted by molar-refractivity contribution is -0.143. The molecule has 1 aromatic heterocycles. The fourth-order valence-electron chi connectivity index (χ4n) is 1.93. The van der Waals surface area contributed by atoms with Gasteiger partial charge in [-0.1, -0.05) is 0 Å². The van der Waals surface area contributed by atoms with Crippen molar-refractivity contribution in [2.75, 3.05) is 13.1 Å². The Labute approximate surface area is 110 Å². The van der Waals surface area contributed by atoms with Gasteiger partial charge in [-0.05, 0) is 30.0 Å². The second-order valence-electron chi connectivity index (χ2n) is 4.51. The fraction of sp³-hybridized carbons (Fsp3) is 0.385. The molecular formula is C13H15NO3S. The van der Waals surface area contributed by atoms with Gasteiger partial charge in [0, 0.05) is 30.0 Å². The maximum Gasteiger partial charge on any atom is 0.303 e. The SMILES string of the molecule is Cc1ccsc1C=CC(=O)N1CC(CC(=O)O)C1. The zero-order valence-electron chi connectivity index (χ0n) is 10.1. The topological polar surface area (TPSA) is 57.6 Å². The minimum atomic E-state index is -0.795. The number of hydrogen-bond acceptors (Lipinski definition) is 3. The van der Waals surface area contributed by atoms with Crippen molar-refractivity contribution < 1.29 is 14.7 Å². The van der Waals surface area contributed by atoms with Crippen LogP contribution in [0.25, 0.3) is 6.08 Å². The highest BCUT2D eigenvalue weighted by atomic mass is 32.1. The van der Waals surface area contributed by atoms with Gasteiger partial charge in [-0.25, -0.2) is 0 Å². The van der Waals surface area contributed by atoms with Crippen LogP contribution in [0, 0.1) is 12.8 Å². The summed E-state index contributed by atoms with van der Waals surface area (Å²) in [5, 5.41) is 10.6. The lowest BCUT2D eigenvalue weighted by Crippen LogP contribution is -2.49. The number of carboxylic acids is 1. The molecule has 5 heteroatoms. The molecule has 1 aliphatic rings. The molecule has 0 aliphatic carbocycles. The monoisotopic (exact) mass is 265 g/mol. The van der Waals surface area contributed by atoms with Crippen molar-refractivity contribution in [3.8, 4) is 0 Å². The summed E-state index contributed by atoms with van der Waals surface area (Å²) in [6.45, 7) is 3.12. The normalized spacial score (nSPS) is 15.9. The van der Waals surface area contributed by atoms with Crippen LogP contribution in [0.4, 0.5) is 0 Å². The molecule has 1 aliphatic heterocycles. The van der Waals surface area contributed by atoms with Gasteiger partial charge in [0.2, 0.25) is 5.91 Å². The Morgan fingerprint density at radius 2 is 2.28 bits per heavy atom. The third kappa shape index (κ3) is 2.98. The number of thiophene rings is 1. The van der Waals surface area contributed by atoms with Crippen LogP contribution in [0.2, 0.25) is 0 Å². The largest absolute Gasteiger partial charge is 0.481 e. The van der Waals surface area contributed by atoms with E-state index in [1.54, 1.807) is 22.3 Å². The molecule has 0 aromatic carbocycles. The molecule has 0 bridgehead atoms. The third-order valence-corrected chi connectivity index (χ3v) is 4.00. The second kappa shape index (κ2) is 5.35. The van der Waals surface area contributed by atoms with Gasteiger partial charge in [-0.2, -0.15) is 0 Å². The van der Waals surface area contributed by atoms with Crippen molar-refractivity contribution in [1.82, 2.24) is 4.90 Å². The Kier molecular flexibility index (Phi) is 3.81. The molecule has 1 amide bonds. The molecule has 0 unspecified atom stereocenters. The van der Waals surface area contributed by atoms with Gasteiger partial charge in [-0.15, -0.1) is 11.3 Å². The fourth-order valence-corrected chi connectivity index (χ4v) is 2.75. The number of carbonyl (C=O) groups excluding carboxylic acids is 1. The predicted octanol–water partition coefficient (Wildman–Crippen LogP) is 2.00. The molecule has 1 aromatic rings. The second-order valence-corrected chi connectivity index (χ2v) is 5.46. The number of likely N-dealkylation sites (tertiary alicyclic amines) is 1. The molecule has 0 spiro atoms. The summed E-state index contributed by atoms with van der Waals surface area (Å²) >= 11 is 1.60. The minimum absolute atomic E-state index is 0.0376. The van der Waals surface area contributed by atoms with E-state index in [-0.39, 0.29) is 18.2 Å². The number of aryl methyl sites for hydroxylation is 1. The van der Waals surface area contributed by atoms with Crippen molar-refractivity contribution in [1.29, 1.82) is 0 Å². The predicted molar refractivity (Wildman–Crippen MR) is 70.4 cm³/mol. The highest BCUT2D eigenvalue weighted by molar-refractivity contribution is 7.11. The van der Waals surface area contributed by atoms with E-state index in [0.29, 0.717) is 13.1 Å². The summed E-state index contributed by atoms with van der Waals surface area (Å²) in [5.74, 6) is -0.718. The van der Waals surface area contributed by atoms with Gasteiger partial charge < -0.3 is 10.0 Å². The smallest absolute Gasteiger partial charge is 0.303 e. The first-order chi connectivity index (χ1) is 8.56. The van der Waals surface area contributed by atoms with Gasteiger partial charge >= 0.3 is 5.97 Å². The van der Waals surface area contributed by atoms with Gasteiger partial charge in [0.15, 0.2) is 0 Å². The maximum atomic E-state index is 11.8. The molecule has 0 radical (unpaired) electrons. The van der Waals surface area contributed by atoms with E-state index >= 15 is 0 Å². The quantitative estimate of drug-likeness (QED) is 0.847. The number of rotatable bonds is 4. The first-order valence-corrected chi connectivity index (χ1v) is 6.67. The molecule has 2 rings (SSSR count). The van der Waals surface area contributed by atoms with Crippen LogP contribution in [0.3, 0.4) is 0 Å². The summed E-state index contributed by atoms with van der Waals surface area (Å²) < 4.78 is 0. The average molecular weight is 265 g/mol. The van der Waals surface area contributed by atoms with Crippen LogP contribution < -0.4 is 0 Å². The maximum absolute atomic E-state index is 11.8. The van der Waals surface area contributed by atoms with E-state index in [1.165, 1.54) is 0 Å². The summed E-state index contributed by atoms with van der Waals surface area (Å²) in [6.07, 6.45) is 3.54. The molecule has 1 saturated heterocycles.